The van der Waals surface area contributed by atoms with Crippen LogP contribution in [-0.4, -0.2) is 35.8 Å². The van der Waals surface area contributed by atoms with Gasteiger partial charge in [0.1, 0.15) is 0 Å². The number of fused-ring (bicyclic) bond motifs is 3. The van der Waals surface area contributed by atoms with Crippen molar-refractivity contribution < 1.29 is 4.79 Å². The van der Waals surface area contributed by atoms with Gasteiger partial charge >= 0.3 is 0 Å². The van der Waals surface area contributed by atoms with Crippen LogP contribution in [0.2, 0.25) is 0 Å². The van der Waals surface area contributed by atoms with Crippen molar-refractivity contribution in [1.82, 2.24) is 24.1 Å². The first kappa shape index (κ1) is 21.4. The van der Waals surface area contributed by atoms with Gasteiger partial charge in [-0.1, -0.05) is 36.0 Å². The zero-order chi connectivity index (χ0) is 23.1. The number of aromatic nitrogens is 5. The van der Waals surface area contributed by atoms with Gasteiger partial charge in [-0.2, -0.15) is 0 Å². The van der Waals surface area contributed by atoms with Gasteiger partial charge in [0, 0.05) is 5.38 Å². The molecular formula is C23H20N6O2S2. The second kappa shape index (κ2) is 8.45. The van der Waals surface area contributed by atoms with E-state index in [1.165, 1.54) is 23.1 Å². The summed E-state index contributed by atoms with van der Waals surface area (Å²) in [5, 5.41) is 15.0. The van der Waals surface area contributed by atoms with Crippen molar-refractivity contribution in [3.63, 3.8) is 0 Å². The molecule has 8 nitrogen and oxygen atoms in total. The van der Waals surface area contributed by atoms with E-state index in [1.807, 2.05) is 67.0 Å². The average Bonchev–Trinajstić information content (AvgIpc) is 3.41. The molecule has 0 aliphatic rings. The number of nitrogens with one attached hydrogen (secondary N) is 1. The summed E-state index contributed by atoms with van der Waals surface area (Å²) >= 11 is 2.65. The third kappa shape index (κ3) is 3.91. The van der Waals surface area contributed by atoms with Gasteiger partial charge in [-0.3, -0.25) is 14.0 Å². The summed E-state index contributed by atoms with van der Waals surface area (Å²) in [6.07, 6.45) is 0. The van der Waals surface area contributed by atoms with Crippen LogP contribution in [-0.2, 0) is 4.79 Å². The smallest absolute Gasteiger partial charge is 0.267 e. The molecule has 0 aliphatic carbocycles. The maximum Gasteiger partial charge on any atom is 0.267 e. The quantitative estimate of drug-likeness (QED) is 0.383. The molecule has 33 heavy (non-hydrogen) atoms. The summed E-state index contributed by atoms with van der Waals surface area (Å²) in [5.74, 6) is 0.361. The average molecular weight is 477 g/mol. The summed E-state index contributed by atoms with van der Waals surface area (Å²) in [7, 11) is 0. The SMILES string of the molecule is Cc1ccc(C)c(-n2c(=O)c3ccccc3n3c(SCC(=O)Nc4nc(C)cs4)nnc23)c1. The lowest BCUT2D eigenvalue weighted by molar-refractivity contribution is -0.113. The Bertz CT molecular complexity index is 1580. The minimum atomic E-state index is -0.182. The topological polar surface area (TPSA) is 94.2 Å². The lowest BCUT2D eigenvalue weighted by Crippen LogP contribution is -2.22. The highest BCUT2D eigenvalue weighted by Gasteiger charge is 2.19. The van der Waals surface area contributed by atoms with E-state index >= 15 is 0 Å². The van der Waals surface area contributed by atoms with Crippen molar-refractivity contribution in [3.8, 4) is 5.69 Å². The molecular weight excluding hydrogens is 456 g/mol. The molecule has 0 aliphatic heterocycles. The van der Waals surface area contributed by atoms with Crippen LogP contribution in [0.1, 0.15) is 16.8 Å². The largest absolute Gasteiger partial charge is 0.301 e. The highest BCUT2D eigenvalue weighted by Crippen LogP contribution is 2.25. The van der Waals surface area contributed by atoms with E-state index in [2.05, 4.69) is 20.5 Å². The fraction of sp³-hybridized carbons (Fsp3) is 0.174. The van der Waals surface area contributed by atoms with Crippen LogP contribution in [0.5, 0.6) is 0 Å². The molecule has 0 bridgehead atoms. The van der Waals surface area contributed by atoms with Crippen LogP contribution < -0.4 is 10.9 Å². The molecule has 10 heteroatoms. The number of benzene rings is 2. The Morgan fingerprint density at radius 3 is 2.73 bits per heavy atom. The lowest BCUT2D eigenvalue weighted by atomic mass is 10.1. The maximum atomic E-state index is 13.5. The normalized spacial score (nSPS) is 11.4. The third-order valence-electron chi connectivity index (χ3n) is 5.20. The Morgan fingerprint density at radius 2 is 1.94 bits per heavy atom. The van der Waals surface area contributed by atoms with E-state index in [0.29, 0.717) is 27.0 Å². The number of rotatable bonds is 5. The number of nitrogens with zero attached hydrogens (tertiary/aromatic N) is 5. The third-order valence-corrected chi connectivity index (χ3v) is 7.00. The van der Waals surface area contributed by atoms with E-state index < -0.39 is 0 Å². The van der Waals surface area contributed by atoms with Crippen LogP contribution in [0.25, 0.3) is 22.4 Å². The number of thioether (sulfide) groups is 1. The molecule has 1 N–H and O–H groups in total. The first-order chi connectivity index (χ1) is 15.9. The Hall–Kier alpha value is -3.50. The Balaban J connectivity index is 1.60. The molecule has 0 fully saturated rings. The Kier molecular flexibility index (Phi) is 5.47. The summed E-state index contributed by atoms with van der Waals surface area (Å²) in [5.41, 5.74) is 4.15. The van der Waals surface area contributed by atoms with Gasteiger partial charge in [0.2, 0.25) is 11.7 Å². The number of amides is 1. The lowest BCUT2D eigenvalue weighted by Gasteiger charge is -2.14. The molecule has 2 aromatic carbocycles. The van der Waals surface area contributed by atoms with Gasteiger partial charge in [-0.15, -0.1) is 21.5 Å². The van der Waals surface area contributed by atoms with Crippen molar-refractivity contribution >= 4 is 50.8 Å². The highest BCUT2D eigenvalue weighted by molar-refractivity contribution is 7.99. The molecule has 0 saturated carbocycles. The highest BCUT2D eigenvalue weighted by atomic mass is 32.2. The minimum Gasteiger partial charge on any atom is -0.301 e. The van der Waals surface area contributed by atoms with Crippen LogP contribution >= 0.6 is 23.1 Å². The number of para-hydroxylation sites is 1. The van der Waals surface area contributed by atoms with Crippen LogP contribution in [0.15, 0.2) is 57.8 Å². The predicted molar refractivity (Wildman–Crippen MR) is 132 cm³/mol. The second-order valence-electron chi connectivity index (χ2n) is 7.70. The van der Waals surface area contributed by atoms with Gasteiger partial charge in [0.15, 0.2) is 10.3 Å². The first-order valence-corrected chi connectivity index (χ1v) is 12.1. The summed E-state index contributed by atoms with van der Waals surface area (Å²) in [4.78, 5) is 30.2. The molecule has 0 spiro atoms. The van der Waals surface area contributed by atoms with Crippen LogP contribution in [0, 0.1) is 20.8 Å². The molecule has 166 valence electrons. The number of hydrogen-bond acceptors (Lipinski definition) is 7. The molecule has 5 aromatic rings. The molecule has 1 amide bonds. The first-order valence-electron chi connectivity index (χ1n) is 10.2. The number of aryl methyl sites for hydroxylation is 3. The Morgan fingerprint density at radius 1 is 1.12 bits per heavy atom. The standard InChI is InChI=1S/C23H20N6O2S2/c1-13-8-9-14(2)18(10-13)28-20(31)16-6-4-5-7-17(16)29-22(28)26-27-23(29)33-12-19(30)25-21-24-15(3)11-32-21/h4-11H,12H2,1-3H3,(H,24,25,30). The van der Waals surface area contributed by atoms with Crippen molar-refractivity contribution in [2.75, 3.05) is 11.1 Å². The van der Waals surface area contributed by atoms with E-state index in [1.54, 1.807) is 10.6 Å². The summed E-state index contributed by atoms with van der Waals surface area (Å²) < 4.78 is 3.43. The van der Waals surface area contributed by atoms with E-state index in [0.717, 1.165) is 22.5 Å². The van der Waals surface area contributed by atoms with Gasteiger partial charge in [-0.25, -0.2) is 9.55 Å². The zero-order valence-electron chi connectivity index (χ0n) is 18.2. The summed E-state index contributed by atoms with van der Waals surface area (Å²) in [6.45, 7) is 5.83. The molecule has 0 unspecified atom stereocenters. The molecule has 5 rings (SSSR count). The van der Waals surface area contributed by atoms with Gasteiger partial charge in [-0.05, 0) is 50.1 Å². The minimum absolute atomic E-state index is 0.135. The van der Waals surface area contributed by atoms with Gasteiger partial charge in [0.25, 0.3) is 5.56 Å². The van der Waals surface area contributed by atoms with Crippen LogP contribution in [0.3, 0.4) is 0 Å². The zero-order valence-corrected chi connectivity index (χ0v) is 19.8. The van der Waals surface area contributed by atoms with E-state index in [9.17, 15) is 9.59 Å². The van der Waals surface area contributed by atoms with Crippen molar-refractivity contribution in [2.24, 2.45) is 0 Å². The fourth-order valence-corrected chi connectivity index (χ4v) is 5.09. The fourth-order valence-electron chi connectivity index (χ4n) is 3.65. The molecule has 3 aromatic heterocycles. The molecule has 0 saturated heterocycles. The van der Waals surface area contributed by atoms with Crippen molar-refractivity contribution in [1.29, 1.82) is 0 Å². The Labute approximate surface area is 197 Å². The number of anilines is 1. The molecule has 0 atom stereocenters. The number of hydrogen-bond donors (Lipinski definition) is 1. The van der Waals surface area contributed by atoms with Crippen molar-refractivity contribution in [2.45, 2.75) is 25.9 Å². The molecule has 0 radical (unpaired) electrons. The van der Waals surface area contributed by atoms with Crippen LogP contribution in [0.4, 0.5) is 5.13 Å². The molecule has 3 heterocycles. The monoisotopic (exact) mass is 476 g/mol. The van der Waals surface area contributed by atoms with E-state index in [-0.39, 0.29) is 17.2 Å². The summed E-state index contributed by atoms with van der Waals surface area (Å²) in [6, 6.07) is 13.3. The number of carbonyl (C=O) groups excluding carboxylic acids is 1. The van der Waals surface area contributed by atoms with Gasteiger partial charge in [0.05, 0.1) is 28.0 Å². The van der Waals surface area contributed by atoms with E-state index in [4.69, 9.17) is 0 Å². The number of thiazole rings is 1. The predicted octanol–water partition coefficient (Wildman–Crippen LogP) is 4.15. The maximum absolute atomic E-state index is 13.5. The second-order valence-corrected chi connectivity index (χ2v) is 9.50. The number of carbonyl (C=O) groups is 1. The van der Waals surface area contributed by atoms with Gasteiger partial charge < -0.3 is 5.32 Å². The van der Waals surface area contributed by atoms with Crippen molar-refractivity contribution in [3.05, 3.63) is 75.0 Å².